The Morgan fingerprint density at radius 2 is 1.90 bits per heavy atom. The Morgan fingerprint density at radius 3 is 2.65 bits per heavy atom. The largest absolute Gasteiger partial charge is 0.371 e. The lowest BCUT2D eigenvalue weighted by atomic mass is 10.2. The van der Waals surface area contributed by atoms with Crippen molar-refractivity contribution in [2.75, 3.05) is 18.0 Å². The second kappa shape index (κ2) is 6.63. The van der Waals surface area contributed by atoms with Crippen LogP contribution in [0.3, 0.4) is 0 Å². The summed E-state index contributed by atoms with van der Waals surface area (Å²) in [6.07, 6.45) is 4.91. The number of anilines is 1. The van der Waals surface area contributed by atoms with E-state index in [0.717, 1.165) is 24.5 Å². The van der Waals surface area contributed by atoms with E-state index in [9.17, 15) is 4.79 Å². The normalized spacial score (nSPS) is 22.1. The lowest BCUT2D eigenvalue weighted by molar-refractivity contribution is 0.363. The van der Waals surface area contributed by atoms with Gasteiger partial charge in [-0.2, -0.15) is 4.98 Å². The first-order chi connectivity index (χ1) is 15.1. The zero-order valence-corrected chi connectivity index (χ0v) is 17.0. The molecule has 0 bridgehead atoms. The summed E-state index contributed by atoms with van der Waals surface area (Å²) in [6.45, 7) is 5.99. The van der Waals surface area contributed by atoms with Gasteiger partial charge in [0.1, 0.15) is 12.9 Å². The highest BCUT2D eigenvalue weighted by Gasteiger charge is 2.58. The number of piperidine rings is 1. The van der Waals surface area contributed by atoms with E-state index in [1.54, 1.807) is 17.9 Å². The minimum atomic E-state index is -0.175. The molecule has 1 aliphatic carbocycles. The Labute approximate surface area is 177 Å². The maximum atomic E-state index is 12.7. The molecule has 31 heavy (non-hydrogen) atoms. The molecule has 2 fully saturated rings. The number of hydrogen-bond acceptors (Lipinski definition) is 7. The van der Waals surface area contributed by atoms with E-state index < -0.39 is 0 Å². The van der Waals surface area contributed by atoms with E-state index >= 15 is 0 Å². The summed E-state index contributed by atoms with van der Waals surface area (Å²) in [6, 6.07) is 8.48. The van der Waals surface area contributed by atoms with E-state index in [1.165, 1.54) is 16.6 Å². The molecule has 1 saturated carbocycles. The average molecular weight is 415 g/mol. The highest BCUT2D eigenvalue weighted by atomic mass is 16.5. The van der Waals surface area contributed by atoms with Crippen LogP contribution in [-0.4, -0.2) is 42.3 Å². The standard InChI is InChI=1S/C22H21N7O2/c1-3-13-4-6-14(7-5-13)28-8-15-16(9-28)18(15)20-25-17(31-26-20)10-29-12-24-21-19(22(29)30)27(2)11-23-21/h3-7,11-12,15-16,18H,1,8-10H2,2H3/t15-,16+,18?. The number of hydrogen-bond donors (Lipinski definition) is 0. The van der Waals surface area contributed by atoms with Crippen LogP contribution >= 0.6 is 0 Å². The predicted molar refractivity (Wildman–Crippen MR) is 115 cm³/mol. The number of aromatic nitrogens is 6. The molecule has 4 aromatic rings. The van der Waals surface area contributed by atoms with Crippen molar-refractivity contribution in [3.8, 4) is 0 Å². The van der Waals surface area contributed by atoms with Crippen LogP contribution < -0.4 is 10.5 Å². The minimum Gasteiger partial charge on any atom is -0.371 e. The third kappa shape index (κ3) is 2.88. The molecular formula is C22H21N7O2. The van der Waals surface area contributed by atoms with Crippen LogP contribution in [0.15, 0.2) is 52.8 Å². The van der Waals surface area contributed by atoms with Crippen molar-refractivity contribution in [2.45, 2.75) is 12.5 Å². The fourth-order valence-electron chi connectivity index (χ4n) is 4.74. The lowest BCUT2D eigenvalue weighted by Gasteiger charge is -2.21. The highest BCUT2D eigenvalue weighted by Crippen LogP contribution is 2.57. The van der Waals surface area contributed by atoms with Gasteiger partial charge < -0.3 is 14.0 Å². The summed E-state index contributed by atoms with van der Waals surface area (Å²) < 4.78 is 8.60. The first-order valence-corrected chi connectivity index (χ1v) is 10.3. The van der Waals surface area contributed by atoms with E-state index in [2.05, 4.69) is 55.9 Å². The monoisotopic (exact) mass is 415 g/mol. The van der Waals surface area contributed by atoms with E-state index in [-0.39, 0.29) is 12.1 Å². The smallest absolute Gasteiger partial charge is 0.280 e. The maximum absolute atomic E-state index is 12.7. The molecular weight excluding hydrogens is 394 g/mol. The first kappa shape index (κ1) is 18.1. The fraction of sp³-hybridized carbons (Fsp3) is 0.318. The van der Waals surface area contributed by atoms with Gasteiger partial charge in [0.05, 0.1) is 6.33 Å². The van der Waals surface area contributed by atoms with Gasteiger partial charge in [-0.05, 0) is 29.5 Å². The van der Waals surface area contributed by atoms with Crippen molar-refractivity contribution < 1.29 is 4.52 Å². The molecule has 6 rings (SSSR count). The van der Waals surface area contributed by atoms with Crippen LogP contribution in [0.2, 0.25) is 0 Å². The molecule has 1 unspecified atom stereocenters. The third-order valence-electron chi connectivity index (χ3n) is 6.48. The topological polar surface area (TPSA) is 94.9 Å². The van der Waals surface area contributed by atoms with Crippen molar-refractivity contribution in [1.82, 2.24) is 29.2 Å². The molecule has 1 saturated heterocycles. The van der Waals surface area contributed by atoms with Crippen LogP contribution in [0.1, 0.15) is 23.2 Å². The molecule has 0 N–H and O–H groups in total. The van der Waals surface area contributed by atoms with Crippen LogP contribution in [0.4, 0.5) is 5.69 Å². The van der Waals surface area contributed by atoms with Crippen molar-refractivity contribution in [1.29, 1.82) is 0 Å². The van der Waals surface area contributed by atoms with Gasteiger partial charge >= 0.3 is 0 Å². The number of imidazole rings is 1. The second-order valence-electron chi connectivity index (χ2n) is 8.31. The Kier molecular flexibility index (Phi) is 3.86. The summed E-state index contributed by atoms with van der Waals surface area (Å²) in [5, 5.41) is 4.21. The van der Waals surface area contributed by atoms with Gasteiger partial charge in [-0.15, -0.1) is 0 Å². The third-order valence-corrected chi connectivity index (χ3v) is 6.48. The summed E-state index contributed by atoms with van der Waals surface area (Å²) in [7, 11) is 1.77. The molecule has 0 amide bonds. The molecule has 1 aliphatic heterocycles. The van der Waals surface area contributed by atoms with Crippen LogP contribution in [-0.2, 0) is 13.6 Å². The van der Waals surface area contributed by atoms with Crippen molar-refractivity contribution in [3.63, 3.8) is 0 Å². The number of rotatable bonds is 5. The zero-order valence-electron chi connectivity index (χ0n) is 17.0. The lowest BCUT2D eigenvalue weighted by Crippen LogP contribution is -2.23. The van der Waals surface area contributed by atoms with E-state index in [0.29, 0.717) is 34.8 Å². The summed E-state index contributed by atoms with van der Waals surface area (Å²) in [5.41, 5.74) is 3.08. The molecule has 9 nitrogen and oxygen atoms in total. The Balaban J connectivity index is 1.15. The highest BCUT2D eigenvalue weighted by molar-refractivity contribution is 5.68. The molecule has 4 heterocycles. The van der Waals surface area contributed by atoms with Gasteiger partial charge in [-0.25, -0.2) is 9.97 Å². The van der Waals surface area contributed by atoms with E-state index in [1.807, 2.05) is 6.08 Å². The zero-order chi connectivity index (χ0) is 21.1. The minimum absolute atomic E-state index is 0.175. The maximum Gasteiger partial charge on any atom is 0.280 e. The molecule has 156 valence electrons. The molecule has 9 heteroatoms. The molecule has 0 radical (unpaired) electrons. The number of nitrogens with zero attached hydrogens (tertiary/aromatic N) is 7. The van der Waals surface area contributed by atoms with E-state index in [4.69, 9.17) is 4.52 Å². The molecule has 0 spiro atoms. The second-order valence-corrected chi connectivity index (χ2v) is 8.31. The van der Waals surface area contributed by atoms with Gasteiger partial charge in [0, 0.05) is 31.7 Å². The molecule has 3 atom stereocenters. The number of fused-ring (bicyclic) bond motifs is 2. The van der Waals surface area contributed by atoms with Crippen molar-refractivity contribution in [3.05, 3.63) is 71.1 Å². The van der Waals surface area contributed by atoms with Crippen LogP contribution in [0, 0.1) is 11.8 Å². The summed E-state index contributed by atoms with van der Waals surface area (Å²) in [4.78, 5) is 28.0. The predicted octanol–water partition coefficient (Wildman–Crippen LogP) is 2.05. The Morgan fingerprint density at radius 1 is 1.16 bits per heavy atom. The number of benzene rings is 1. The van der Waals surface area contributed by atoms with Gasteiger partial charge in [-0.3, -0.25) is 9.36 Å². The van der Waals surface area contributed by atoms with Gasteiger partial charge in [0.2, 0.25) is 5.89 Å². The van der Waals surface area contributed by atoms with Crippen LogP contribution in [0.5, 0.6) is 0 Å². The first-order valence-electron chi connectivity index (χ1n) is 10.3. The van der Waals surface area contributed by atoms with Gasteiger partial charge in [-0.1, -0.05) is 29.9 Å². The van der Waals surface area contributed by atoms with Crippen LogP contribution in [0.25, 0.3) is 17.2 Å². The van der Waals surface area contributed by atoms with Crippen molar-refractivity contribution >= 4 is 22.9 Å². The van der Waals surface area contributed by atoms with Gasteiger partial charge in [0.15, 0.2) is 17.0 Å². The van der Waals surface area contributed by atoms with Crippen molar-refractivity contribution in [2.24, 2.45) is 18.9 Å². The SMILES string of the molecule is C=Cc1ccc(N2C[C@@H]3C(c4noc(Cn5cnc6ncn(C)c6c5=O)n4)[C@@H]3C2)cc1. The summed E-state index contributed by atoms with van der Waals surface area (Å²) >= 11 is 0. The number of aryl methyl sites for hydroxylation is 1. The summed E-state index contributed by atoms with van der Waals surface area (Å²) in [5.74, 6) is 2.58. The molecule has 2 aliphatic rings. The average Bonchev–Trinajstić information content (AvgIpc) is 3.21. The Hall–Kier alpha value is -3.75. The molecule has 3 aromatic heterocycles. The fourth-order valence-corrected chi connectivity index (χ4v) is 4.74. The van der Waals surface area contributed by atoms with Gasteiger partial charge in [0.25, 0.3) is 5.56 Å². The molecule has 1 aromatic carbocycles. The quantitative estimate of drug-likeness (QED) is 0.492. The Bertz CT molecular complexity index is 1340.